The zero-order valence-electron chi connectivity index (χ0n) is 30.1. The Morgan fingerprint density at radius 2 is 0.750 bits per heavy atom. The SMILES string of the molecule is c1ccc(-c2cccc(-c3nc(-c4cccc(-c5ccccc5)c4)nc(-c4cc(-c5ccc6oc7ccccc7c6c5)c5c(c4)oc4ccccc45)n3)c2)cc1. The molecular weight excluding hydrogens is 687 g/mol. The summed E-state index contributed by atoms with van der Waals surface area (Å²) in [5, 5.41) is 4.23. The first-order valence-electron chi connectivity index (χ1n) is 18.7. The lowest BCUT2D eigenvalue weighted by Crippen LogP contribution is -2.01. The Morgan fingerprint density at radius 3 is 1.39 bits per heavy atom. The minimum atomic E-state index is 0.554. The van der Waals surface area contributed by atoms with Gasteiger partial charge in [-0.25, -0.2) is 15.0 Å². The van der Waals surface area contributed by atoms with Crippen LogP contribution < -0.4 is 0 Å². The van der Waals surface area contributed by atoms with Gasteiger partial charge in [-0.1, -0.05) is 140 Å². The van der Waals surface area contributed by atoms with E-state index in [9.17, 15) is 0 Å². The lowest BCUT2D eigenvalue weighted by Gasteiger charge is -2.12. The largest absolute Gasteiger partial charge is 0.456 e. The zero-order chi connectivity index (χ0) is 37.0. The molecule has 0 atom stereocenters. The van der Waals surface area contributed by atoms with Crippen molar-refractivity contribution in [1.29, 1.82) is 0 Å². The smallest absolute Gasteiger partial charge is 0.164 e. The predicted octanol–water partition coefficient (Wildman–Crippen LogP) is 13.7. The molecule has 0 saturated heterocycles. The summed E-state index contributed by atoms with van der Waals surface area (Å²) >= 11 is 0. The van der Waals surface area contributed by atoms with E-state index >= 15 is 0 Å². The molecule has 5 heteroatoms. The summed E-state index contributed by atoms with van der Waals surface area (Å²) in [7, 11) is 0. The third-order valence-corrected chi connectivity index (χ3v) is 10.5. The molecule has 56 heavy (non-hydrogen) atoms. The molecule has 3 heterocycles. The van der Waals surface area contributed by atoms with Crippen LogP contribution in [0.15, 0.2) is 197 Å². The van der Waals surface area contributed by atoms with Crippen LogP contribution in [-0.4, -0.2) is 15.0 Å². The first kappa shape index (κ1) is 31.9. The molecule has 11 aromatic rings. The van der Waals surface area contributed by atoms with Crippen LogP contribution in [0.4, 0.5) is 0 Å². The van der Waals surface area contributed by atoms with Gasteiger partial charge in [0.25, 0.3) is 0 Å². The maximum atomic E-state index is 6.59. The molecule has 0 unspecified atom stereocenters. The van der Waals surface area contributed by atoms with Gasteiger partial charge in [-0.15, -0.1) is 0 Å². The zero-order valence-corrected chi connectivity index (χ0v) is 30.1. The first-order valence-corrected chi connectivity index (χ1v) is 18.7. The molecule has 0 aliphatic heterocycles. The van der Waals surface area contributed by atoms with E-state index in [2.05, 4.69) is 146 Å². The summed E-state index contributed by atoms with van der Waals surface area (Å²) in [5.41, 5.74) is 12.4. The number of benzene rings is 8. The van der Waals surface area contributed by atoms with Crippen LogP contribution in [0.2, 0.25) is 0 Å². The Kier molecular flexibility index (Phi) is 7.42. The lowest BCUT2D eigenvalue weighted by atomic mass is 9.95. The number of hydrogen-bond donors (Lipinski definition) is 0. The van der Waals surface area contributed by atoms with Crippen molar-refractivity contribution in [2.45, 2.75) is 0 Å². The molecule has 0 radical (unpaired) electrons. The molecule has 0 amide bonds. The molecule has 0 saturated carbocycles. The molecule has 262 valence electrons. The van der Waals surface area contributed by atoms with Gasteiger partial charge in [0.05, 0.1) is 0 Å². The monoisotopic (exact) mass is 717 g/mol. The molecule has 0 spiro atoms. The van der Waals surface area contributed by atoms with Crippen LogP contribution in [0.1, 0.15) is 0 Å². The topological polar surface area (TPSA) is 65.0 Å². The van der Waals surface area contributed by atoms with Crippen LogP contribution in [0.3, 0.4) is 0 Å². The number of aromatic nitrogens is 3. The summed E-state index contributed by atoms with van der Waals surface area (Å²) in [5.74, 6) is 1.73. The summed E-state index contributed by atoms with van der Waals surface area (Å²) < 4.78 is 12.8. The average molecular weight is 718 g/mol. The van der Waals surface area contributed by atoms with E-state index in [1.807, 2.05) is 42.5 Å². The molecule has 0 aliphatic rings. The van der Waals surface area contributed by atoms with E-state index in [4.69, 9.17) is 23.8 Å². The number of hydrogen-bond acceptors (Lipinski definition) is 5. The van der Waals surface area contributed by atoms with Crippen molar-refractivity contribution in [3.05, 3.63) is 188 Å². The fourth-order valence-corrected chi connectivity index (χ4v) is 7.80. The first-order chi connectivity index (χ1) is 27.7. The minimum Gasteiger partial charge on any atom is -0.456 e. The molecule has 0 fully saturated rings. The second-order valence-electron chi connectivity index (χ2n) is 14.0. The van der Waals surface area contributed by atoms with Gasteiger partial charge >= 0.3 is 0 Å². The minimum absolute atomic E-state index is 0.554. The standard InChI is InChI=1S/C51H31N3O2/c1-3-13-32(14-4-1)34-17-11-19-37(27-34)49-52-50(38-20-12-18-35(28-38)33-15-5-2-6-16-33)54-51(53-49)39-30-42(48-41-22-8-10-24-45(41)56-47(48)31-39)36-25-26-46-43(29-36)40-21-7-9-23-44(40)55-46/h1-31H. The highest BCUT2D eigenvalue weighted by Gasteiger charge is 2.20. The third-order valence-electron chi connectivity index (χ3n) is 10.5. The van der Waals surface area contributed by atoms with Crippen molar-refractivity contribution in [3.8, 4) is 67.5 Å². The van der Waals surface area contributed by atoms with E-state index in [-0.39, 0.29) is 0 Å². The van der Waals surface area contributed by atoms with Gasteiger partial charge in [-0.2, -0.15) is 0 Å². The lowest BCUT2D eigenvalue weighted by molar-refractivity contribution is 0.669. The van der Waals surface area contributed by atoms with Gasteiger partial charge < -0.3 is 8.83 Å². The number of fused-ring (bicyclic) bond motifs is 6. The highest BCUT2D eigenvalue weighted by molar-refractivity contribution is 6.15. The molecule has 5 nitrogen and oxygen atoms in total. The Labute approximate surface area is 322 Å². The fourth-order valence-electron chi connectivity index (χ4n) is 7.80. The number of furan rings is 2. The van der Waals surface area contributed by atoms with Crippen molar-refractivity contribution in [1.82, 2.24) is 15.0 Å². The Balaban J connectivity index is 1.15. The van der Waals surface area contributed by atoms with Gasteiger partial charge in [0, 0.05) is 38.2 Å². The summed E-state index contributed by atoms with van der Waals surface area (Å²) in [4.78, 5) is 15.6. The molecule has 0 N–H and O–H groups in total. The van der Waals surface area contributed by atoms with E-state index in [0.29, 0.717) is 17.5 Å². The van der Waals surface area contributed by atoms with Crippen LogP contribution >= 0.6 is 0 Å². The van der Waals surface area contributed by atoms with Gasteiger partial charge in [0.1, 0.15) is 22.3 Å². The van der Waals surface area contributed by atoms with Crippen molar-refractivity contribution in [3.63, 3.8) is 0 Å². The second kappa shape index (κ2) is 13.0. The number of para-hydroxylation sites is 2. The summed E-state index contributed by atoms with van der Waals surface area (Å²) in [6.45, 7) is 0. The molecule has 0 bridgehead atoms. The van der Waals surface area contributed by atoms with Crippen LogP contribution in [0.25, 0.3) is 111 Å². The van der Waals surface area contributed by atoms with Crippen LogP contribution in [-0.2, 0) is 0 Å². The maximum Gasteiger partial charge on any atom is 0.164 e. The fraction of sp³-hybridized carbons (Fsp3) is 0. The van der Waals surface area contributed by atoms with Crippen molar-refractivity contribution in [2.24, 2.45) is 0 Å². The van der Waals surface area contributed by atoms with Crippen LogP contribution in [0.5, 0.6) is 0 Å². The molecule has 11 rings (SSSR count). The normalized spacial score (nSPS) is 11.6. The third kappa shape index (κ3) is 5.53. The van der Waals surface area contributed by atoms with Crippen molar-refractivity contribution in [2.75, 3.05) is 0 Å². The van der Waals surface area contributed by atoms with E-state index in [0.717, 1.165) is 93.9 Å². The Morgan fingerprint density at radius 1 is 0.268 bits per heavy atom. The van der Waals surface area contributed by atoms with Crippen LogP contribution in [0, 0.1) is 0 Å². The number of rotatable bonds is 6. The molecule has 0 aliphatic carbocycles. The Hall–Kier alpha value is -7.63. The highest BCUT2D eigenvalue weighted by atomic mass is 16.3. The predicted molar refractivity (Wildman–Crippen MR) is 227 cm³/mol. The second-order valence-corrected chi connectivity index (χ2v) is 14.0. The molecule has 8 aromatic carbocycles. The van der Waals surface area contributed by atoms with E-state index in [1.54, 1.807) is 0 Å². The highest BCUT2D eigenvalue weighted by Crippen LogP contribution is 2.42. The molecular formula is C51H31N3O2. The van der Waals surface area contributed by atoms with Gasteiger partial charge in [0.2, 0.25) is 0 Å². The van der Waals surface area contributed by atoms with E-state index in [1.165, 1.54) is 0 Å². The molecule has 3 aromatic heterocycles. The maximum absolute atomic E-state index is 6.59. The number of nitrogens with zero attached hydrogens (tertiary/aromatic N) is 3. The van der Waals surface area contributed by atoms with Crippen molar-refractivity contribution < 1.29 is 8.83 Å². The summed E-state index contributed by atoms with van der Waals surface area (Å²) in [6, 6.07) is 64.6. The van der Waals surface area contributed by atoms with Gasteiger partial charge in [-0.3, -0.25) is 0 Å². The van der Waals surface area contributed by atoms with Crippen molar-refractivity contribution >= 4 is 43.9 Å². The quantitative estimate of drug-likeness (QED) is 0.171. The Bertz CT molecular complexity index is 3150. The van der Waals surface area contributed by atoms with Gasteiger partial charge in [0.15, 0.2) is 17.5 Å². The van der Waals surface area contributed by atoms with Gasteiger partial charge in [-0.05, 0) is 81.9 Å². The van der Waals surface area contributed by atoms with E-state index < -0.39 is 0 Å². The average Bonchev–Trinajstić information content (AvgIpc) is 3.85. The summed E-state index contributed by atoms with van der Waals surface area (Å²) in [6.07, 6.45) is 0.